The van der Waals surface area contributed by atoms with Crippen molar-refractivity contribution in [2.75, 3.05) is 39.7 Å². The number of nitrogens with one attached hydrogen (secondary N) is 1. The van der Waals surface area contributed by atoms with Crippen LogP contribution < -0.4 is 10.1 Å². The molecule has 0 aliphatic carbocycles. The van der Waals surface area contributed by atoms with E-state index in [2.05, 4.69) is 20.4 Å². The van der Waals surface area contributed by atoms with Gasteiger partial charge in [-0.25, -0.2) is 0 Å². The van der Waals surface area contributed by atoms with Crippen LogP contribution >= 0.6 is 0 Å². The second kappa shape index (κ2) is 13.7. The Balaban J connectivity index is 2.55. The molecule has 36 heavy (non-hydrogen) atoms. The van der Waals surface area contributed by atoms with E-state index in [4.69, 9.17) is 9.84 Å². The Labute approximate surface area is 211 Å². The first-order valence-electron chi connectivity index (χ1n) is 11.4. The molecule has 0 saturated heterocycles. The minimum absolute atomic E-state index is 0.0701. The standard InChI is InChI=1S/C26H34N6O4/c1-7-8-11-28-19(3)21(15-27-4)26(35)29-22-16-32(17-24(34)31(5)12-13-33)30-25(22)20-14-18(2)9-10-23(20)36-6/h7-11,14-16,33H,12-13,17H2,1-6H3,(H,29,35)/b8-7-,21-19-,27-15?,28-11-. The summed E-state index contributed by atoms with van der Waals surface area (Å²) < 4.78 is 6.99. The van der Waals surface area contributed by atoms with Gasteiger partial charge >= 0.3 is 0 Å². The maximum absolute atomic E-state index is 13.3. The Morgan fingerprint density at radius 2 is 2.08 bits per heavy atom. The van der Waals surface area contributed by atoms with E-state index in [0.29, 0.717) is 28.4 Å². The Kier molecular flexibility index (Phi) is 10.8. The Morgan fingerprint density at radius 1 is 1.33 bits per heavy atom. The highest BCUT2D eigenvalue weighted by Crippen LogP contribution is 2.35. The number of nitrogens with zero attached hydrogens (tertiary/aromatic N) is 5. The molecule has 192 valence electrons. The molecule has 2 N–H and O–H groups in total. The van der Waals surface area contributed by atoms with Crippen LogP contribution in [0.2, 0.25) is 0 Å². The van der Waals surface area contributed by atoms with Crippen LogP contribution in [0.3, 0.4) is 0 Å². The fraction of sp³-hybridized carbons (Fsp3) is 0.346. The summed E-state index contributed by atoms with van der Waals surface area (Å²) >= 11 is 0. The maximum atomic E-state index is 13.3. The van der Waals surface area contributed by atoms with Crippen molar-refractivity contribution >= 4 is 29.9 Å². The highest BCUT2D eigenvalue weighted by Gasteiger charge is 2.21. The quantitative estimate of drug-likeness (QED) is 0.368. The number of aliphatic hydroxyl groups is 1. The number of aryl methyl sites for hydroxylation is 1. The molecule has 1 aromatic carbocycles. The van der Waals surface area contributed by atoms with E-state index >= 15 is 0 Å². The van der Waals surface area contributed by atoms with Gasteiger partial charge in [-0.05, 0) is 39.0 Å². The van der Waals surface area contributed by atoms with E-state index in [0.717, 1.165) is 5.56 Å². The third kappa shape index (κ3) is 7.47. The number of aromatic nitrogens is 2. The number of benzene rings is 1. The number of methoxy groups -OCH3 is 1. The second-order valence-electron chi connectivity index (χ2n) is 7.98. The Hall–Kier alpha value is -4.05. The lowest BCUT2D eigenvalue weighted by Crippen LogP contribution is -2.32. The van der Waals surface area contributed by atoms with Gasteiger partial charge in [0.15, 0.2) is 0 Å². The summed E-state index contributed by atoms with van der Waals surface area (Å²) in [6, 6.07) is 5.64. The molecular formula is C26H34N6O4. The third-order valence-corrected chi connectivity index (χ3v) is 5.22. The number of aliphatic hydroxyl groups excluding tert-OH is 1. The normalized spacial score (nSPS) is 12.4. The van der Waals surface area contributed by atoms with E-state index < -0.39 is 5.91 Å². The average Bonchev–Trinajstić information content (AvgIpc) is 3.24. The molecule has 2 amide bonds. The average molecular weight is 495 g/mol. The number of carbonyl (C=O) groups is 2. The molecule has 0 aliphatic heterocycles. The van der Waals surface area contributed by atoms with Crippen molar-refractivity contribution in [3.05, 3.63) is 53.4 Å². The van der Waals surface area contributed by atoms with E-state index in [1.54, 1.807) is 46.6 Å². The number of hydrogen-bond donors (Lipinski definition) is 2. The van der Waals surface area contributed by atoms with Gasteiger partial charge in [0, 0.05) is 44.8 Å². The molecule has 1 heterocycles. The van der Waals surface area contributed by atoms with E-state index in [1.807, 2.05) is 38.1 Å². The van der Waals surface area contributed by atoms with Gasteiger partial charge in [-0.15, -0.1) is 0 Å². The lowest BCUT2D eigenvalue weighted by Gasteiger charge is -2.15. The molecule has 0 saturated carbocycles. The SMILES string of the molecule is C\C=C/C=N\C(C)=C(\C=NC)C(=O)Nc1cn(CC(=O)N(C)CCO)nc1-c1cc(C)ccc1OC. The molecule has 0 atom stereocenters. The van der Waals surface area contributed by atoms with Gasteiger partial charge in [0.05, 0.1) is 30.7 Å². The summed E-state index contributed by atoms with van der Waals surface area (Å²) in [6.07, 6.45) is 8.24. The van der Waals surface area contributed by atoms with Gasteiger partial charge in [-0.1, -0.05) is 17.7 Å². The maximum Gasteiger partial charge on any atom is 0.259 e. The number of allylic oxidation sites excluding steroid dienone is 3. The molecule has 0 spiro atoms. The lowest BCUT2D eigenvalue weighted by molar-refractivity contribution is -0.131. The van der Waals surface area contributed by atoms with Crippen LogP contribution in [0, 0.1) is 6.92 Å². The molecule has 1 aromatic heterocycles. The van der Waals surface area contributed by atoms with Crippen molar-refractivity contribution in [2.45, 2.75) is 27.3 Å². The van der Waals surface area contributed by atoms with Gasteiger partial charge in [-0.3, -0.25) is 24.3 Å². The number of amides is 2. The molecule has 0 bridgehead atoms. The first-order chi connectivity index (χ1) is 17.2. The Morgan fingerprint density at radius 3 is 2.72 bits per heavy atom. The van der Waals surface area contributed by atoms with Crippen molar-refractivity contribution in [1.29, 1.82) is 0 Å². The number of hydrogen-bond acceptors (Lipinski definition) is 7. The fourth-order valence-electron chi connectivity index (χ4n) is 3.28. The topological polar surface area (TPSA) is 121 Å². The first kappa shape index (κ1) is 28.2. The summed E-state index contributed by atoms with van der Waals surface area (Å²) in [4.78, 5) is 35.6. The molecule has 0 unspecified atom stereocenters. The van der Waals surface area contributed by atoms with Crippen LogP contribution in [0.15, 0.2) is 57.8 Å². The molecule has 0 aliphatic rings. The van der Waals surface area contributed by atoms with Crippen molar-refractivity contribution < 1.29 is 19.4 Å². The second-order valence-corrected chi connectivity index (χ2v) is 7.98. The van der Waals surface area contributed by atoms with Gasteiger partial charge in [-0.2, -0.15) is 5.10 Å². The van der Waals surface area contributed by atoms with Crippen molar-refractivity contribution in [2.24, 2.45) is 9.98 Å². The number of anilines is 1. The molecule has 2 aromatic rings. The van der Waals surface area contributed by atoms with Gasteiger partial charge in [0.2, 0.25) is 5.91 Å². The zero-order valence-electron chi connectivity index (χ0n) is 21.6. The number of likely N-dealkylation sites (N-methyl/N-ethyl adjacent to an activating group) is 1. The molecule has 0 fully saturated rings. The largest absolute Gasteiger partial charge is 0.496 e. The zero-order valence-corrected chi connectivity index (χ0v) is 21.6. The first-order valence-corrected chi connectivity index (χ1v) is 11.4. The van der Waals surface area contributed by atoms with Crippen LogP contribution in [0.4, 0.5) is 5.69 Å². The lowest BCUT2D eigenvalue weighted by atomic mass is 10.1. The highest BCUT2D eigenvalue weighted by molar-refractivity contribution is 6.19. The van der Waals surface area contributed by atoms with Crippen LogP contribution in [0.5, 0.6) is 5.75 Å². The molecular weight excluding hydrogens is 460 g/mol. The van der Waals surface area contributed by atoms with E-state index in [1.165, 1.54) is 15.8 Å². The van der Waals surface area contributed by atoms with Crippen LogP contribution in [0.1, 0.15) is 19.4 Å². The molecule has 10 nitrogen and oxygen atoms in total. The van der Waals surface area contributed by atoms with Crippen LogP contribution in [-0.4, -0.2) is 78.4 Å². The molecule has 2 rings (SSSR count). The van der Waals surface area contributed by atoms with Gasteiger partial charge < -0.3 is 20.1 Å². The van der Waals surface area contributed by atoms with Gasteiger partial charge in [0.25, 0.3) is 5.91 Å². The number of rotatable bonds is 11. The summed E-state index contributed by atoms with van der Waals surface area (Å²) in [5.41, 5.74) is 3.26. The number of ether oxygens (including phenoxy) is 1. The predicted molar refractivity (Wildman–Crippen MR) is 143 cm³/mol. The summed E-state index contributed by atoms with van der Waals surface area (Å²) in [5, 5.41) is 16.6. The molecule has 0 radical (unpaired) electrons. The minimum atomic E-state index is -0.424. The molecule has 10 heteroatoms. The third-order valence-electron chi connectivity index (χ3n) is 5.22. The summed E-state index contributed by atoms with van der Waals surface area (Å²) in [6.45, 7) is 5.53. The fourth-order valence-corrected chi connectivity index (χ4v) is 3.28. The number of aliphatic imine (C=N–C) groups is 2. The van der Waals surface area contributed by atoms with Crippen molar-refractivity contribution in [3.63, 3.8) is 0 Å². The zero-order chi connectivity index (χ0) is 26.7. The highest BCUT2D eigenvalue weighted by atomic mass is 16.5. The van der Waals surface area contributed by atoms with E-state index in [-0.39, 0.29) is 31.2 Å². The summed E-state index contributed by atoms with van der Waals surface area (Å²) in [7, 11) is 4.74. The monoisotopic (exact) mass is 494 g/mol. The van der Waals surface area contributed by atoms with Crippen molar-refractivity contribution in [1.82, 2.24) is 14.7 Å². The van der Waals surface area contributed by atoms with Gasteiger partial charge in [0.1, 0.15) is 18.0 Å². The smallest absolute Gasteiger partial charge is 0.259 e. The predicted octanol–water partition coefficient (Wildman–Crippen LogP) is 2.88. The van der Waals surface area contributed by atoms with E-state index in [9.17, 15) is 9.59 Å². The van der Waals surface area contributed by atoms with Crippen LogP contribution in [-0.2, 0) is 16.1 Å². The van der Waals surface area contributed by atoms with Crippen molar-refractivity contribution in [3.8, 4) is 17.0 Å². The van der Waals surface area contributed by atoms with Crippen LogP contribution in [0.25, 0.3) is 11.3 Å². The summed E-state index contributed by atoms with van der Waals surface area (Å²) in [5.74, 6) is -0.0880. The number of carbonyl (C=O) groups excluding carboxylic acids is 2. The Bertz CT molecular complexity index is 1190. The minimum Gasteiger partial charge on any atom is -0.496 e.